The quantitative estimate of drug-likeness (QED) is 0.135. The molecule has 22 rings (SSSR count). The van der Waals surface area contributed by atoms with E-state index in [2.05, 4.69) is 273 Å². The van der Waals surface area contributed by atoms with Gasteiger partial charge in [0, 0.05) is 98.6 Å². The molecule has 0 saturated carbocycles. The van der Waals surface area contributed by atoms with Crippen molar-refractivity contribution in [3.8, 4) is 91.1 Å². The smallest absolute Gasteiger partial charge is 0.164 e. The van der Waals surface area contributed by atoms with Gasteiger partial charge < -0.3 is 18.3 Å². The Morgan fingerprint density at radius 2 is 0.407 bits per heavy atom. The van der Waals surface area contributed by atoms with E-state index < -0.39 is 0 Å². The first-order valence-corrected chi connectivity index (χ1v) is 36.4. The molecule has 0 fully saturated rings. The zero-order valence-corrected chi connectivity index (χ0v) is 58.3. The van der Waals surface area contributed by atoms with Gasteiger partial charge in [-0.1, -0.05) is 285 Å². The molecule has 0 radical (unpaired) electrons. The fourth-order valence-corrected chi connectivity index (χ4v) is 16.3. The summed E-state index contributed by atoms with van der Waals surface area (Å²) in [6.07, 6.45) is 0. The van der Waals surface area contributed by atoms with Gasteiger partial charge in [0.25, 0.3) is 0 Å². The van der Waals surface area contributed by atoms with Gasteiger partial charge in [0.1, 0.15) is 0 Å². The van der Waals surface area contributed by atoms with Gasteiger partial charge in [-0.25, -0.2) is 29.9 Å². The number of rotatable bonds is 10. The third-order valence-electron chi connectivity index (χ3n) is 21.1. The van der Waals surface area contributed by atoms with Gasteiger partial charge in [0.2, 0.25) is 0 Å². The second-order valence-corrected chi connectivity index (χ2v) is 27.3. The summed E-state index contributed by atoms with van der Waals surface area (Å²) in [5, 5.41) is 14.2. The molecule has 0 bridgehead atoms. The standard InChI is InChI=1S/2C49H31N5/c1-4-16-32(17-5-1)47-50-48(33-18-6-2-7-19-33)52-49(51-47)39-26-14-25-36-35(39)24-15-29-44(36)54-43-28-13-11-23-38(43)41-30-40-37-22-10-12-27-42(37)53(45(40)31-46(41)54)34-20-8-3-9-21-34;1-4-16-32(17-5-1)47-50-48(33-18-6-2-7-19-33)52-49(51-47)39-28-29-44(36-23-11-10-22-35(36)39)54-43-27-15-13-25-38(43)41-30-40-37-24-12-14-26-42(37)53(45(40)31-46(41)54)34-20-8-3-9-21-34/h2*1-31H. The van der Waals surface area contributed by atoms with Gasteiger partial charge in [-0.15, -0.1) is 0 Å². The van der Waals surface area contributed by atoms with Crippen molar-refractivity contribution in [3.05, 3.63) is 376 Å². The van der Waals surface area contributed by atoms with Gasteiger partial charge in [-0.3, -0.25) is 0 Å². The van der Waals surface area contributed by atoms with E-state index in [1.807, 2.05) is 121 Å². The van der Waals surface area contributed by atoms with E-state index in [1.54, 1.807) is 0 Å². The summed E-state index contributed by atoms with van der Waals surface area (Å²) in [6, 6.07) is 132. The summed E-state index contributed by atoms with van der Waals surface area (Å²) in [5.74, 6) is 3.87. The van der Waals surface area contributed by atoms with Gasteiger partial charge in [-0.2, -0.15) is 0 Å². The molecule has 0 unspecified atom stereocenters. The van der Waals surface area contributed by atoms with Crippen LogP contribution in [0.2, 0.25) is 0 Å². The molecule has 10 nitrogen and oxygen atoms in total. The van der Waals surface area contributed by atoms with E-state index in [4.69, 9.17) is 29.9 Å². The Hall–Kier alpha value is -14.7. The summed E-state index contributed by atoms with van der Waals surface area (Å²) in [7, 11) is 0. The highest BCUT2D eigenvalue weighted by Gasteiger charge is 2.25. The van der Waals surface area contributed by atoms with Gasteiger partial charge >= 0.3 is 0 Å². The van der Waals surface area contributed by atoms with Crippen molar-refractivity contribution in [1.29, 1.82) is 0 Å². The molecule has 10 heteroatoms. The maximum atomic E-state index is 5.10. The van der Waals surface area contributed by atoms with Crippen molar-refractivity contribution in [2.45, 2.75) is 0 Å². The lowest BCUT2D eigenvalue weighted by atomic mass is 10.0. The van der Waals surface area contributed by atoms with Crippen LogP contribution >= 0.6 is 0 Å². The molecular weight excluding hydrogens is 1320 g/mol. The van der Waals surface area contributed by atoms with Crippen LogP contribution in [-0.4, -0.2) is 48.2 Å². The molecular formula is C98H62N10. The summed E-state index contributed by atoms with van der Waals surface area (Å²) in [5.41, 5.74) is 19.5. The molecule has 0 N–H and O–H groups in total. The summed E-state index contributed by atoms with van der Waals surface area (Å²) in [6.45, 7) is 0. The first-order valence-electron chi connectivity index (χ1n) is 36.4. The highest BCUT2D eigenvalue weighted by atomic mass is 15.1. The zero-order valence-electron chi connectivity index (χ0n) is 58.3. The monoisotopic (exact) mass is 1380 g/mol. The van der Waals surface area contributed by atoms with Gasteiger partial charge in [0.15, 0.2) is 34.9 Å². The van der Waals surface area contributed by atoms with Crippen LogP contribution in [0.3, 0.4) is 0 Å². The minimum Gasteiger partial charge on any atom is -0.309 e. The fraction of sp³-hybridized carbons (Fsp3) is 0. The number of hydrogen-bond donors (Lipinski definition) is 0. The summed E-state index contributed by atoms with van der Waals surface area (Å²) >= 11 is 0. The van der Waals surface area contributed by atoms with Crippen molar-refractivity contribution >= 4 is 109 Å². The summed E-state index contributed by atoms with van der Waals surface area (Å²) in [4.78, 5) is 30.3. The number of hydrogen-bond acceptors (Lipinski definition) is 6. The normalized spacial score (nSPS) is 11.7. The average Bonchev–Trinajstić information content (AvgIpc) is 1.56. The Morgan fingerprint density at radius 1 is 0.148 bits per heavy atom. The van der Waals surface area contributed by atoms with Crippen molar-refractivity contribution in [1.82, 2.24) is 48.2 Å². The van der Waals surface area contributed by atoms with E-state index in [9.17, 15) is 0 Å². The van der Waals surface area contributed by atoms with E-state index in [-0.39, 0.29) is 0 Å². The Bertz CT molecular complexity index is 6770. The van der Waals surface area contributed by atoms with Gasteiger partial charge in [-0.05, 0) is 102 Å². The van der Waals surface area contributed by atoms with Crippen molar-refractivity contribution in [3.63, 3.8) is 0 Å². The number of benzene rings is 16. The molecule has 6 aromatic heterocycles. The van der Waals surface area contributed by atoms with Crippen molar-refractivity contribution in [2.75, 3.05) is 0 Å². The van der Waals surface area contributed by atoms with E-state index in [0.717, 1.165) is 99.7 Å². The molecule has 0 amide bonds. The lowest BCUT2D eigenvalue weighted by Crippen LogP contribution is -2.01. The molecule has 0 spiro atoms. The number of nitrogens with zero attached hydrogens (tertiary/aromatic N) is 10. The molecule has 0 atom stereocenters. The molecule has 6 heterocycles. The predicted octanol–water partition coefficient (Wildman–Crippen LogP) is 24.4. The van der Waals surface area contributed by atoms with Crippen LogP contribution in [0.15, 0.2) is 376 Å². The molecule has 16 aromatic carbocycles. The molecule has 0 aliphatic rings. The van der Waals surface area contributed by atoms with Crippen molar-refractivity contribution < 1.29 is 0 Å². The van der Waals surface area contributed by atoms with Gasteiger partial charge in [0.05, 0.1) is 55.5 Å². The maximum absolute atomic E-state index is 5.10. The zero-order chi connectivity index (χ0) is 71.2. The average molecular weight is 1380 g/mol. The lowest BCUT2D eigenvalue weighted by molar-refractivity contribution is 1.08. The van der Waals surface area contributed by atoms with Crippen LogP contribution in [0, 0.1) is 0 Å². The molecule has 504 valence electrons. The molecule has 108 heavy (non-hydrogen) atoms. The maximum Gasteiger partial charge on any atom is 0.164 e. The van der Waals surface area contributed by atoms with E-state index >= 15 is 0 Å². The Kier molecular flexibility index (Phi) is 14.7. The highest BCUT2D eigenvalue weighted by Crippen LogP contribution is 2.45. The third kappa shape index (κ3) is 10.3. The SMILES string of the molecule is c1ccc(-c2nc(-c3ccccc3)nc(-c3ccc(-n4c5ccccc5c5cc6c7ccccc7n(-c7ccccc7)c6cc54)c4ccccc34)n2)cc1.c1ccc(-c2nc(-c3ccccc3)nc(-c3cccc4c(-n5c6ccccc6c6cc7c8ccccc8n(-c8ccccc8)c7cc65)cccc34)n2)cc1. The largest absolute Gasteiger partial charge is 0.309 e. The minimum absolute atomic E-state index is 0.641. The number of para-hydroxylation sites is 6. The fourth-order valence-electron chi connectivity index (χ4n) is 16.3. The Labute approximate surface area is 620 Å². The predicted molar refractivity (Wildman–Crippen MR) is 445 cm³/mol. The van der Waals surface area contributed by atoms with Crippen LogP contribution in [0.4, 0.5) is 0 Å². The van der Waals surface area contributed by atoms with Crippen LogP contribution < -0.4 is 0 Å². The topological polar surface area (TPSA) is 97.1 Å². The van der Waals surface area contributed by atoms with Crippen LogP contribution in [0.5, 0.6) is 0 Å². The Morgan fingerprint density at radius 3 is 0.787 bits per heavy atom. The van der Waals surface area contributed by atoms with E-state index in [0.29, 0.717) is 34.9 Å². The molecule has 0 aliphatic heterocycles. The third-order valence-corrected chi connectivity index (χ3v) is 21.1. The van der Waals surface area contributed by atoms with Crippen LogP contribution in [-0.2, 0) is 0 Å². The molecule has 22 aromatic rings. The number of fused-ring (bicyclic) bond motifs is 14. The highest BCUT2D eigenvalue weighted by molar-refractivity contribution is 6.22. The molecule has 0 saturated heterocycles. The molecule has 0 aliphatic carbocycles. The van der Waals surface area contributed by atoms with Crippen LogP contribution in [0.25, 0.3) is 200 Å². The Balaban J connectivity index is 0.000000138. The second-order valence-electron chi connectivity index (χ2n) is 27.3. The van der Waals surface area contributed by atoms with Crippen molar-refractivity contribution in [2.24, 2.45) is 0 Å². The first-order chi connectivity index (χ1) is 53.6. The second kappa shape index (κ2) is 25.6. The van der Waals surface area contributed by atoms with Crippen LogP contribution in [0.1, 0.15) is 0 Å². The number of aromatic nitrogens is 10. The first kappa shape index (κ1) is 61.9. The summed E-state index contributed by atoms with van der Waals surface area (Å²) < 4.78 is 9.65. The minimum atomic E-state index is 0.641. The van der Waals surface area contributed by atoms with E-state index in [1.165, 1.54) is 65.2 Å². The lowest BCUT2D eigenvalue weighted by Gasteiger charge is -2.15.